The van der Waals surface area contributed by atoms with Crippen LogP contribution >= 0.6 is 22.9 Å². The Bertz CT molecular complexity index is 353. The lowest BCUT2D eigenvalue weighted by molar-refractivity contribution is -0.117. The number of amides is 2. The van der Waals surface area contributed by atoms with Crippen molar-refractivity contribution in [3.63, 3.8) is 0 Å². The summed E-state index contributed by atoms with van der Waals surface area (Å²) in [6.45, 7) is 0. The molecule has 0 aromatic carbocycles. The maximum Gasteiger partial charge on any atom is 0.241 e. The fourth-order valence-corrected chi connectivity index (χ4v) is 1.51. The number of anilines is 1. The van der Waals surface area contributed by atoms with E-state index in [4.69, 9.17) is 17.3 Å². The van der Waals surface area contributed by atoms with Crippen LogP contribution in [0.1, 0.15) is 5.01 Å². The number of hydrogen-bond donors (Lipinski definition) is 2. The number of nitrogens with two attached hydrogens (primary N) is 1. The largest absolute Gasteiger partial charge is 0.369 e. The maximum absolute atomic E-state index is 10.8. The molecule has 0 saturated heterocycles. The predicted molar refractivity (Wildman–Crippen MR) is 52.2 cm³/mol. The van der Waals surface area contributed by atoms with Crippen molar-refractivity contribution in [3.8, 4) is 0 Å². The molecule has 6 nitrogen and oxygen atoms in total. The van der Waals surface area contributed by atoms with E-state index in [-0.39, 0.29) is 18.2 Å². The summed E-state index contributed by atoms with van der Waals surface area (Å²) in [6, 6.07) is 0. The molecule has 1 aromatic heterocycles. The molecule has 0 aliphatic carbocycles. The smallest absolute Gasteiger partial charge is 0.241 e. The first-order chi connectivity index (χ1) is 6.61. The average Bonchev–Trinajstić information content (AvgIpc) is 2.51. The van der Waals surface area contributed by atoms with Crippen LogP contribution in [0.5, 0.6) is 0 Å². The van der Waals surface area contributed by atoms with E-state index in [1.807, 2.05) is 0 Å². The second-order valence-corrected chi connectivity index (χ2v) is 3.66. The van der Waals surface area contributed by atoms with Crippen LogP contribution in [0.2, 0.25) is 0 Å². The van der Waals surface area contributed by atoms with Crippen molar-refractivity contribution in [2.45, 2.75) is 6.42 Å². The van der Waals surface area contributed by atoms with E-state index in [1.54, 1.807) is 0 Å². The van der Waals surface area contributed by atoms with Crippen LogP contribution in [0, 0.1) is 0 Å². The molecule has 0 spiro atoms. The first-order valence-electron chi connectivity index (χ1n) is 3.58. The SMILES string of the molecule is NC(=O)Cc1nnc(NC(=O)CCl)s1. The Kier molecular flexibility index (Phi) is 3.78. The summed E-state index contributed by atoms with van der Waals surface area (Å²) in [4.78, 5) is 21.3. The molecule has 1 aromatic rings. The number of nitrogens with zero attached hydrogens (tertiary/aromatic N) is 2. The third-order valence-electron chi connectivity index (χ3n) is 1.16. The van der Waals surface area contributed by atoms with Gasteiger partial charge in [-0.2, -0.15) is 0 Å². The van der Waals surface area contributed by atoms with E-state index < -0.39 is 5.91 Å². The van der Waals surface area contributed by atoms with Crippen LogP contribution in [0.15, 0.2) is 0 Å². The van der Waals surface area contributed by atoms with Crippen molar-refractivity contribution in [3.05, 3.63) is 5.01 Å². The maximum atomic E-state index is 10.8. The molecule has 1 rings (SSSR count). The third-order valence-corrected chi connectivity index (χ3v) is 2.24. The van der Waals surface area contributed by atoms with Crippen molar-refractivity contribution in [1.29, 1.82) is 0 Å². The molecule has 1 heterocycles. The molecule has 2 amide bonds. The lowest BCUT2D eigenvalue weighted by atomic mass is 10.4. The summed E-state index contributed by atoms with van der Waals surface area (Å²) < 4.78 is 0. The van der Waals surface area contributed by atoms with Crippen LogP contribution in [-0.2, 0) is 16.0 Å². The highest BCUT2D eigenvalue weighted by molar-refractivity contribution is 7.15. The number of primary amides is 1. The molecule has 0 fully saturated rings. The molecular formula is C6H7ClN4O2S. The predicted octanol–water partition coefficient (Wildman–Crippen LogP) is -0.257. The minimum absolute atomic E-state index is 0.0222. The van der Waals surface area contributed by atoms with Gasteiger partial charge in [-0.15, -0.1) is 21.8 Å². The Morgan fingerprint density at radius 1 is 1.50 bits per heavy atom. The van der Waals surface area contributed by atoms with E-state index >= 15 is 0 Å². The molecule has 3 N–H and O–H groups in total. The van der Waals surface area contributed by atoms with Gasteiger partial charge in [-0.1, -0.05) is 11.3 Å². The Hall–Kier alpha value is -1.21. The van der Waals surface area contributed by atoms with Gasteiger partial charge in [0, 0.05) is 0 Å². The van der Waals surface area contributed by atoms with Gasteiger partial charge in [0.25, 0.3) is 0 Å². The van der Waals surface area contributed by atoms with Gasteiger partial charge in [0.2, 0.25) is 16.9 Å². The zero-order chi connectivity index (χ0) is 10.6. The quantitative estimate of drug-likeness (QED) is 0.702. The van der Waals surface area contributed by atoms with Crippen LogP contribution < -0.4 is 11.1 Å². The van der Waals surface area contributed by atoms with Crippen LogP contribution in [0.4, 0.5) is 5.13 Å². The van der Waals surface area contributed by atoms with E-state index in [1.165, 1.54) is 0 Å². The average molecular weight is 235 g/mol. The number of carbonyl (C=O) groups is 2. The summed E-state index contributed by atoms with van der Waals surface area (Å²) in [5.41, 5.74) is 4.95. The molecule has 0 aliphatic heterocycles. The molecule has 0 aliphatic rings. The van der Waals surface area contributed by atoms with Gasteiger partial charge >= 0.3 is 0 Å². The van der Waals surface area contributed by atoms with Crippen molar-refractivity contribution in [2.75, 3.05) is 11.2 Å². The van der Waals surface area contributed by atoms with Gasteiger partial charge in [-0.05, 0) is 0 Å². The molecule has 0 bridgehead atoms. The van der Waals surface area contributed by atoms with E-state index in [0.717, 1.165) is 11.3 Å². The Labute approximate surface area is 88.5 Å². The van der Waals surface area contributed by atoms with Crippen molar-refractivity contribution in [2.24, 2.45) is 5.73 Å². The summed E-state index contributed by atoms with van der Waals surface area (Å²) in [5, 5.41) is 10.5. The van der Waals surface area contributed by atoms with Gasteiger partial charge < -0.3 is 5.73 Å². The minimum Gasteiger partial charge on any atom is -0.369 e. The molecule has 0 radical (unpaired) electrons. The number of alkyl halides is 1. The monoisotopic (exact) mass is 234 g/mol. The minimum atomic E-state index is -0.489. The Morgan fingerprint density at radius 3 is 2.79 bits per heavy atom. The van der Waals surface area contributed by atoms with E-state index in [0.29, 0.717) is 10.1 Å². The normalized spacial score (nSPS) is 9.79. The van der Waals surface area contributed by atoms with Gasteiger partial charge in [0.15, 0.2) is 0 Å². The van der Waals surface area contributed by atoms with Gasteiger partial charge in [0.05, 0.1) is 6.42 Å². The number of carbonyl (C=O) groups excluding carboxylic acids is 2. The second-order valence-electron chi connectivity index (χ2n) is 2.33. The first kappa shape index (κ1) is 10.9. The third kappa shape index (κ3) is 3.27. The number of nitrogens with one attached hydrogen (secondary N) is 1. The summed E-state index contributed by atoms with van der Waals surface area (Å²) >= 11 is 6.35. The standard InChI is InChI=1S/C6H7ClN4O2S/c7-2-4(13)9-6-11-10-5(14-6)1-3(8)12/h1-2H2,(H2,8,12)(H,9,11,13). The molecule has 0 unspecified atom stereocenters. The lowest BCUT2D eigenvalue weighted by Gasteiger charge is -1.93. The second kappa shape index (κ2) is 4.87. The summed E-state index contributed by atoms with van der Waals surface area (Å²) in [5.74, 6) is -1.00. The van der Waals surface area contributed by atoms with Gasteiger partial charge in [-0.25, -0.2) is 0 Å². The molecular weight excluding hydrogens is 228 g/mol. The van der Waals surface area contributed by atoms with Gasteiger partial charge in [0.1, 0.15) is 10.9 Å². The number of rotatable bonds is 4. The number of halogens is 1. The summed E-state index contributed by atoms with van der Waals surface area (Å²) in [6.07, 6.45) is 0.0222. The zero-order valence-corrected chi connectivity index (χ0v) is 8.56. The molecule has 0 atom stereocenters. The molecule has 14 heavy (non-hydrogen) atoms. The van der Waals surface area contributed by atoms with E-state index in [9.17, 15) is 9.59 Å². The highest BCUT2D eigenvalue weighted by atomic mass is 35.5. The zero-order valence-electron chi connectivity index (χ0n) is 6.99. The number of hydrogen-bond acceptors (Lipinski definition) is 5. The lowest BCUT2D eigenvalue weighted by Crippen LogP contribution is -2.13. The van der Waals surface area contributed by atoms with Crippen LogP contribution in [0.25, 0.3) is 0 Å². The molecule has 76 valence electrons. The van der Waals surface area contributed by atoms with Crippen molar-refractivity contribution < 1.29 is 9.59 Å². The fraction of sp³-hybridized carbons (Fsp3) is 0.333. The highest BCUT2D eigenvalue weighted by Crippen LogP contribution is 2.15. The van der Waals surface area contributed by atoms with Gasteiger partial charge in [-0.3, -0.25) is 14.9 Å². The Morgan fingerprint density at radius 2 is 2.21 bits per heavy atom. The topological polar surface area (TPSA) is 98.0 Å². The van der Waals surface area contributed by atoms with Crippen LogP contribution in [-0.4, -0.2) is 27.9 Å². The molecule has 8 heteroatoms. The van der Waals surface area contributed by atoms with Crippen molar-refractivity contribution in [1.82, 2.24) is 10.2 Å². The van der Waals surface area contributed by atoms with E-state index in [2.05, 4.69) is 15.5 Å². The number of aromatic nitrogens is 2. The fourth-order valence-electron chi connectivity index (χ4n) is 0.677. The summed E-state index contributed by atoms with van der Waals surface area (Å²) in [7, 11) is 0. The van der Waals surface area contributed by atoms with Crippen LogP contribution in [0.3, 0.4) is 0 Å². The first-order valence-corrected chi connectivity index (χ1v) is 4.93. The van der Waals surface area contributed by atoms with Crippen molar-refractivity contribution >= 4 is 39.9 Å². The molecule has 0 saturated carbocycles. The highest BCUT2D eigenvalue weighted by Gasteiger charge is 2.08. The Balaban J connectivity index is 2.59.